The molecule has 0 atom stereocenters. The highest BCUT2D eigenvalue weighted by molar-refractivity contribution is 6.12. The maximum absolute atomic E-state index is 13.3. The van der Waals surface area contributed by atoms with Crippen LogP contribution < -0.4 is 5.32 Å². The average Bonchev–Trinajstić information content (AvgIpc) is 3.37. The predicted octanol–water partition coefficient (Wildman–Crippen LogP) is 3.97. The molecule has 0 saturated heterocycles. The molecule has 3 aromatic heterocycles. The fourth-order valence-corrected chi connectivity index (χ4v) is 3.20. The number of nitrogens with one attached hydrogen (secondary N) is 1. The molecule has 3 heterocycles. The third kappa shape index (κ3) is 3.49. The molecule has 0 aliphatic rings. The number of hydrogen-bond acceptors (Lipinski definition) is 5. The van der Waals surface area contributed by atoms with Crippen LogP contribution in [0.2, 0.25) is 0 Å². The van der Waals surface area contributed by atoms with Crippen molar-refractivity contribution in [3.05, 3.63) is 60.4 Å². The molecule has 8 nitrogen and oxygen atoms in total. The Hall–Kier alpha value is -3.55. The van der Waals surface area contributed by atoms with Crippen LogP contribution >= 0.6 is 0 Å². The monoisotopic (exact) mass is 389 g/mol. The summed E-state index contributed by atoms with van der Waals surface area (Å²) in [5, 5.41) is 12.4. The molecule has 0 fully saturated rings. The second-order valence-corrected chi connectivity index (χ2v) is 7.48. The van der Waals surface area contributed by atoms with Crippen LogP contribution in [-0.4, -0.2) is 35.4 Å². The van der Waals surface area contributed by atoms with E-state index in [9.17, 15) is 4.79 Å². The lowest BCUT2D eigenvalue weighted by atomic mass is 10.0. The molecule has 1 amide bonds. The Balaban J connectivity index is 1.79. The number of aromatic nitrogens is 6. The molecule has 0 spiro atoms. The molecule has 4 aromatic rings. The summed E-state index contributed by atoms with van der Waals surface area (Å²) >= 11 is 0. The van der Waals surface area contributed by atoms with Crippen molar-refractivity contribution < 1.29 is 4.79 Å². The second kappa shape index (κ2) is 7.46. The van der Waals surface area contributed by atoms with E-state index >= 15 is 0 Å². The van der Waals surface area contributed by atoms with Crippen molar-refractivity contribution in [1.82, 2.24) is 29.5 Å². The van der Waals surface area contributed by atoms with E-state index in [4.69, 9.17) is 4.98 Å². The molecule has 0 bridgehead atoms. The molecule has 1 N–H and O–H groups in total. The first kappa shape index (κ1) is 18.8. The minimum atomic E-state index is -0.213. The predicted molar refractivity (Wildman–Crippen MR) is 111 cm³/mol. The first-order valence-corrected chi connectivity index (χ1v) is 9.59. The minimum Gasteiger partial charge on any atom is -0.320 e. The van der Waals surface area contributed by atoms with Crippen LogP contribution in [0.15, 0.2) is 49.2 Å². The van der Waals surface area contributed by atoms with Crippen molar-refractivity contribution in [1.29, 1.82) is 0 Å². The van der Waals surface area contributed by atoms with Gasteiger partial charge in [0, 0.05) is 11.7 Å². The zero-order valence-corrected chi connectivity index (χ0v) is 16.9. The highest BCUT2D eigenvalue weighted by Crippen LogP contribution is 2.26. The molecule has 0 unspecified atom stereocenters. The van der Waals surface area contributed by atoms with Crippen molar-refractivity contribution in [3.8, 4) is 5.69 Å². The fraction of sp³-hybridized carbons (Fsp3) is 0.286. The summed E-state index contributed by atoms with van der Waals surface area (Å²) in [5.41, 5.74) is 3.52. The number of carbonyl (C=O) groups excluding carboxylic acids is 1. The van der Waals surface area contributed by atoms with Crippen LogP contribution in [0.5, 0.6) is 0 Å². The maximum Gasteiger partial charge on any atom is 0.256 e. The summed E-state index contributed by atoms with van der Waals surface area (Å²) < 4.78 is 3.47. The highest BCUT2D eigenvalue weighted by Gasteiger charge is 2.20. The van der Waals surface area contributed by atoms with E-state index in [0.29, 0.717) is 11.3 Å². The third-order valence-electron chi connectivity index (χ3n) is 4.73. The molecule has 0 aliphatic heterocycles. The van der Waals surface area contributed by atoms with Crippen LogP contribution in [0.25, 0.3) is 16.7 Å². The van der Waals surface area contributed by atoms with E-state index in [1.807, 2.05) is 48.9 Å². The molecule has 1 aromatic carbocycles. The van der Waals surface area contributed by atoms with Gasteiger partial charge in [-0.2, -0.15) is 10.2 Å². The minimum absolute atomic E-state index is 0.145. The summed E-state index contributed by atoms with van der Waals surface area (Å²) in [6, 6.07) is 9.48. The second-order valence-electron chi connectivity index (χ2n) is 7.48. The van der Waals surface area contributed by atoms with Crippen molar-refractivity contribution in [2.24, 2.45) is 0 Å². The molecule has 4 rings (SSSR count). The fourth-order valence-electron chi connectivity index (χ4n) is 3.20. The number of hydrogen-bond donors (Lipinski definition) is 1. The topological polar surface area (TPSA) is 90.5 Å². The summed E-state index contributed by atoms with van der Waals surface area (Å²) in [6.07, 6.45) is 4.77. The Kier molecular flexibility index (Phi) is 4.84. The van der Waals surface area contributed by atoms with Gasteiger partial charge in [-0.05, 0) is 38.0 Å². The molecule has 0 saturated carbocycles. The normalized spacial score (nSPS) is 11.5. The van der Waals surface area contributed by atoms with E-state index in [1.165, 1.54) is 6.33 Å². The Morgan fingerprint density at radius 1 is 1.10 bits per heavy atom. The van der Waals surface area contributed by atoms with Gasteiger partial charge in [-0.25, -0.2) is 19.3 Å². The van der Waals surface area contributed by atoms with Crippen molar-refractivity contribution in [3.63, 3.8) is 0 Å². The largest absolute Gasteiger partial charge is 0.320 e. The number of nitrogens with zero attached hydrogens (tertiary/aromatic N) is 6. The number of fused-ring (bicyclic) bond motifs is 1. The maximum atomic E-state index is 13.3. The standard InChI is InChI=1S/C21H23N7O/c1-13(2)18-9-15(16-10-23-28(14(3)4)20(16)25-18)21(29)26-17-7-5-6-8-19(17)27-12-22-11-24-27/h5-14H,1-4H3,(H,26,29). The number of para-hydroxylation sites is 2. The molecule has 0 radical (unpaired) electrons. The number of rotatable bonds is 5. The van der Waals surface area contributed by atoms with E-state index in [2.05, 4.69) is 34.3 Å². The Bertz CT molecular complexity index is 1160. The van der Waals surface area contributed by atoms with Gasteiger partial charge in [0.15, 0.2) is 5.65 Å². The van der Waals surface area contributed by atoms with E-state index in [0.717, 1.165) is 22.4 Å². The average molecular weight is 389 g/mol. The van der Waals surface area contributed by atoms with Crippen LogP contribution in [0.3, 0.4) is 0 Å². The Labute approximate surface area is 168 Å². The zero-order valence-electron chi connectivity index (χ0n) is 16.9. The highest BCUT2D eigenvalue weighted by atomic mass is 16.1. The van der Waals surface area contributed by atoms with Crippen LogP contribution in [-0.2, 0) is 0 Å². The van der Waals surface area contributed by atoms with Gasteiger partial charge in [-0.1, -0.05) is 26.0 Å². The van der Waals surface area contributed by atoms with Gasteiger partial charge >= 0.3 is 0 Å². The van der Waals surface area contributed by atoms with Crippen molar-refractivity contribution in [2.45, 2.75) is 39.7 Å². The van der Waals surface area contributed by atoms with Crippen LogP contribution in [0.1, 0.15) is 55.7 Å². The number of benzene rings is 1. The quantitative estimate of drug-likeness (QED) is 0.558. The van der Waals surface area contributed by atoms with Crippen LogP contribution in [0.4, 0.5) is 5.69 Å². The number of anilines is 1. The molecule has 29 heavy (non-hydrogen) atoms. The van der Waals surface area contributed by atoms with Gasteiger partial charge in [-0.15, -0.1) is 0 Å². The number of amides is 1. The molecule has 8 heteroatoms. The zero-order chi connectivity index (χ0) is 20.5. The first-order valence-electron chi connectivity index (χ1n) is 9.59. The van der Waals surface area contributed by atoms with Crippen LogP contribution in [0, 0.1) is 0 Å². The molecular formula is C21H23N7O. The summed E-state index contributed by atoms with van der Waals surface area (Å²) in [6.45, 7) is 8.21. The van der Waals surface area contributed by atoms with Gasteiger partial charge < -0.3 is 5.32 Å². The lowest BCUT2D eigenvalue weighted by molar-refractivity contribution is 0.102. The van der Waals surface area contributed by atoms with Gasteiger partial charge in [0.1, 0.15) is 12.7 Å². The van der Waals surface area contributed by atoms with Crippen molar-refractivity contribution >= 4 is 22.6 Å². The van der Waals surface area contributed by atoms with E-state index in [1.54, 1.807) is 17.2 Å². The summed E-state index contributed by atoms with van der Waals surface area (Å²) in [4.78, 5) is 22.0. The van der Waals surface area contributed by atoms with Gasteiger partial charge in [0.2, 0.25) is 0 Å². The van der Waals surface area contributed by atoms with Gasteiger partial charge in [0.05, 0.1) is 28.5 Å². The van der Waals surface area contributed by atoms with E-state index in [-0.39, 0.29) is 17.9 Å². The Morgan fingerprint density at radius 3 is 2.59 bits per heavy atom. The van der Waals surface area contributed by atoms with E-state index < -0.39 is 0 Å². The lowest BCUT2D eigenvalue weighted by Crippen LogP contribution is -2.16. The molecular weight excluding hydrogens is 366 g/mol. The summed E-state index contributed by atoms with van der Waals surface area (Å²) in [5.74, 6) is -0.0286. The lowest BCUT2D eigenvalue weighted by Gasteiger charge is -2.14. The smallest absolute Gasteiger partial charge is 0.256 e. The SMILES string of the molecule is CC(C)c1cc(C(=O)Nc2ccccc2-n2cncn2)c2cnn(C(C)C)c2n1. The number of pyridine rings is 1. The molecule has 0 aliphatic carbocycles. The van der Waals surface area contributed by atoms with Gasteiger partial charge in [-0.3, -0.25) is 4.79 Å². The van der Waals surface area contributed by atoms with Gasteiger partial charge in [0.25, 0.3) is 5.91 Å². The Morgan fingerprint density at radius 2 is 1.90 bits per heavy atom. The third-order valence-corrected chi connectivity index (χ3v) is 4.73. The summed E-state index contributed by atoms with van der Waals surface area (Å²) in [7, 11) is 0. The first-order chi connectivity index (χ1) is 14.0. The van der Waals surface area contributed by atoms with Crippen molar-refractivity contribution in [2.75, 3.05) is 5.32 Å². The molecule has 148 valence electrons. The number of carbonyl (C=O) groups is 1.